The van der Waals surface area contributed by atoms with E-state index in [2.05, 4.69) is 15.3 Å². The van der Waals surface area contributed by atoms with Gasteiger partial charge in [-0.1, -0.05) is 6.07 Å². The average Bonchev–Trinajstić information content (AvgIpc) is 2.43. The molecule has 0 amide bonds. The molecule has 1 aromatic heterocycles. The van der Waals surface area contributed by atoms with Crippen LogP contribution in [0.2, 0.25) is 0 Å². The molecule has 1 aromatic rings. The maximum atomic E-state index is 12.1. The number of nitrogens with zero attached hydrogens (tertiary/aromatic N) is 3. The van der Waals surface area contributed by atoms with Crippen LogP contribution in [0.1, 0.15) is 12.1 Å². The van der Waals surface area contributed by atoms with Crippen LogP contribution >= 0.6 is 0 Å². The first-order valence-corrected chi connectivity index (χ1v) is 7.06. The molecule has 0 aliphatic heterocycles. The Balaban J connectivity index is 2.13. The van der Waals surface area contributed by atoms with Gasteiger partial charge in [-0.25, -0.2) is 0 Å². The van der Waals surface area contributed by atoms with Crippen molar-refractivity contribution in [2.45, 2.75) is 19.0 Å². The van der Waals surface area contributed by atoms with Gasteiger partial charge in [0, 0.05) is 31.4 Å². The predicted octanol–water partition coefficient (Wildman–Crippen LogP) is 1.41. The molecule has 8 heteroatoms. The summed E-state index contributed by atoms with van der Waals surface area (Å²) in [6.45, 7) is 0.420. The number of hydrogen-bond donors (Lipinski definition) is 2. The second kappa shape index (κ2) is 9.24. The van der Waals surface area contributed by atoms with E-state index in [0.29, 0.717) is 32.0 Å². The third kappa shape index (κ3) is 9.17. The fourth-order valence-corrected chi connectivity index (χ4v) is 1.85. The van der Waals surface area contributed by atoms with Crippen molar-refractivity contribution in [3.8, 4) is 0 Å². The minimum absolute atomic E-state index is 0.300. The number of aromatic nitrogens is 1. The normalized spacial score (nSPS) is 12.7. The van der Waals surface area contributed by atoms with Crippen molar-refractivity contribution >= 4 is 5.96 Å². The van der Waals surface area contributed by atoms with Crippen molar-refractivity contribution in [2.24, 2.45) is 10.7 Å². The highest BCUT2D eigenvalue weighted by molar-refractivity contribution is 5.77. The molecule has 0 unspecified atom stereocenters. The Labute approximate surface area is 128 Å². The van der Waals surface area contributed by atoms with Gasteiger partial charge in [-0.2, -0.15) is 13.2 Å². The van der Waals surface area contributed by atoms with Gasteiger partial charge < -0.3 is 11.1 Å². The zero-order chi connectivity index (χ0) is 16.4. The third-order valence-electron chi connectivity index (χ3n) is 2.84. The summed E-state index contributed by atoms with van der Waals surface area (Å²) in [7, 11) is 1.44. The molecule has 1 rings (SSSR count). The molecule has 0 aromatic carbocycles. The van der Waals surface area contributed by atoms with E-state index >= 15 is 0 Å². The largest absolute Gasteiger partial charge is 0.401 e. The van der Waals surface area contributed by atoms with Gasteiger partial charge in [-0.05, 0) is 32.1 Å². The quantitative estimate of drug-likeness (QED) is 0.432. The van der Waals surface area contributed by atoms with Crippen molar-refractivity contribution in [2.75, 3.05) is 33.2 Å². The monoisotopic (exact) mass is 317 g/mol. The van der Waals surface area contributed by atoms with E-state index in [9.17, 15) is 13.2 Å². The van der Waals surface area contributed by atoms with Gasteiger partial charge in [-0.15, -0.1) is 0 Å². The van der Waals surface area contributed by atoms with Crippen molar-refractivity contribution in [1.82, 2.24) is 15.2 Å². The summed E-state index contributed by atoms with van der Waals surface area (Å²) in [6.07, 6.45) is -1.19. The highest BCUT2D eigenvalue weighted by Gasteiger charge is 2.28. The number of guanidine groups is 1. The van der Waals surface area contributed by atoms with Crippen molar-refractivity contribution in [1.29, 1.82) is 0 Å². The van der Waals surface area contributed by atoms with Crippen LogP contribution in [0.25, 0.3) is 0 Å². The molecule has 0 aliphatic rings. The lowest BCUT2D eigenvalue weighted by molar-refractivity contribution is -0.143. The third-order valence-corrected chi connectivity index (χ3v) is 2.84. The Kier molecular flexibility index (Phi) is 7.65. The van der Waals surface area contributed by atoms with Crippen LogP contribution in [0, 0.1) is 0 Å². The van der Waals surface area contributed by atoms with Gasteiger partial charge >= 0.3 is 6.18 Å². The maximum absolute atomic E-state index is 12.1. The highest BCUT2D eigenvalue weighted by atomic mass is 19.4. The number of pyridine rings is 1. The molecule has 124 valence electrons. The van der Waals surface area contributed by atoms with Gasteiger partial charge in [0.2, 0.25) is 0 Å². The Morgan fingerprint density at radius 2 is 2.18 bits per heavy atom. The second-order valence-corrected chi connectivity index (χ2v) is 4.97. The number of nitrogens with one attached hydrogen (secondary N) is 1. The predicted molar refractivity (Wildman–Crippen MR) is 80.6 cm³/mol. The van der Waals surface area contributed by atoms with E-state index in [0.717, 1.165) is 12.1 Å². The molecular weight excluding hydrogens is 295 g/mol. The van der Waals surface area contributed by atoms with Crippen LogP contribution in [0.15, 0.2) is 29.4 Å². The number of halogens is 3. The molecule has 1 heterocycles. The number of alkyl halides is 3. The molecule has 5 nitrogen and oxygen atoms in total. The summed E-state index contributed by atoms with van der Waals surface area (Å²) < 4.78 is 36.4. The standard InChI is InChI=1S/C14H22F3N5/c1-22(11-14(15,16)17)10-4-8-20-13(18)21-9-6-12-5-2-3-7-19-12/h2-3,5,7H,4,6,8-11H2,1H3,(H3,18,20,21). The molecule has 0 saturated carbocycles. The lowest BCUT2D eigenvalue weighted by Crippen LogP contribution is -2.34. The van der Waals surface area contributed by atoms with Crippen LogP contribution < -0.4 is 11.1 Å². The first-order chi connectivity index (χ1) is 10.4. The van der Waals surface area contributed by atoms with Crippen molar-refractivity contribution in [3.05, 3.63) is 30.1 Å². The van der Waals surface area contributed by atoms with E-state index in [1.807, 2.05) is 18.2 Å². The fraction of sp³-hybridized carbons (Fsp3) is 0.571. The smallest absolute Gasteiger partial charge is 0.370 e. The summed E-state index contributed by atoms with van der Waals surface area (Å²) in [5.41, 5.74) is 6.64. The lowest BCUT2D eigenvalue weighted by atomic mass is 10.3. The number of hydrogen-bond acceptors (Lipinski definition) is 3. The average molecular weight is 317 g/mol. The fourth-order valence-electron chi connectivity index (χ4n) is 1.85. The van der Waals surface area contributed by atoms with E-state index in [1.165, 1.54) is 11.9 Å². The van der Waals surface area contributed by atoms with Gasteiger partial charge in [0.05, 0.1) is 6.54 Å². The second-order valence-electron chi connectivity index (χ2n) is 4.97. The summed E-state index contributed by atoms with van der Waals surface area (Å²) in [4.78, 5) is 9.48. The summed E-state index contributed by atoms with van der Waals surface area (Å²) in [5, 5.41) is 2.95. The van der Waals surface area contributed by atoms with Crippen LogP contribution in [0.4, 0.5) is 13.2 Å². The van der Waals surface area contributed by atoms with E-state index in [4.69, 9.17) is 5.73 Å². The van der Waals surface area contributed by atoms with Crippen LogP contribution in [-0.4, -0.2) is 55.2 Å². The summed E-state index contributed by atoms with van der Waals surface area (Å²) >= 11 is 0. The Morgan fingerprint density at radius 3 is 2.82 bits per heavy atom. The van der Waals surface area contributed by atoms with Gasteiger partial charge in [0.1, 0.15) is 0 Å². The van der Waals surface area contributed by atoms with Crippen LogP contribution in [0.5, 0.6) is 0 Å². The van der Waals surface area contributed by atoms with E-state index in [1.54, 1.807) is 6.20 Å². The molecule has 22 heavy (non-hydrogen) atoms. The van der Waals surface area contributed by atoms with Gasteiger partial charge in [0.15, 0.2) is 5.96 Å². The Hall–Kier alpha value is -1.83. The number of aliphatic imine (C=N–C) groups is 1. The van der Waals surface area contributed by atoms with Gasteiger partial charge in [0.25, 0.3) is 0 Å². The minimum Gasteiger partial charge on any atom is -0.370 e. The van der Waals surface area contributed by atoms with Crippen LogP contribution in [0.3, 0.4) is 0 Å². The van der Waals surface area contributed by atoms with Crippen molar-refractivity contribution in [3.63, 3.8) is 0 Å². The summed E-state index contributed by atoms with van der Waals surface area (Å²) in [5.74, 6) is 0.300. The number of nitrogens with two attached hydrogens (primary N) is 1. The highest BCUT2D eigenvalue weighted by Crippen LogP contribution is 2.15. The first-order valence-electron chi connectivity index (χ1n) is 7.06. The maximum Gasteiger partial charge on any atom is 0.401 e. The molecule has 0 bridgehead atoms. The molecule has 0 aliphatic carbocycles. The van der Waals surface area contributed by atoms with E-state index in [-0.39, 0.29) is 0 Å². The topological polar surface area (TPSA) is 66.5 Å². The zero-order valence-corrected chi connectivity index (χ0v) is 12.6. The molecule has 3 N–H and O–H groups in total. The Bertz CT molecular complexity index is 448. The molecule has 0 saturated heterocycles. The van der Waals surface area contributed by atoms with Crippen molar-refractivity contribution < 1.29 is 13.2 Å². The molecular formula is C14H22F3N5. The molecule has 0 spiro atoms. The molecule has 0 atom stereocenters. The zero-order valence-electron chi connectivity index (χ0n) is 12.6. The number of rotatable bonds is 8. The first kappa shape index (κ1) is 18.2. The molecule has 0 fully saturated rings. The van der Waals surface area contributed by atoms with Crippen LogP contribution in [-0.2, 0) is 6.42 Å². The van der Waals surface area contributed by atoms with E-state index < -0.39 is 12.7 Å². The SMILES string of the molecule is CN(CCCN=C(N)NCCc1ccccn1)CC(F)(F)F. The van der Waals surface area contributed by atoms with Gasteiger partial charge in [-0.3, -0.25) is 14.9 Å². The lowest BCUT2D eigenvalue weighted by Gasteiger charge is -2.17. The minimum atomic E-state index is -4.16. The Morgan fingerprint density at radius 1 is 1.41 bits per heavy atom. The molecule has 0 radical (unpaired) electrons. The summed E-state index contributed by atoms with van der Waals surface area (Å²) in [6, 6.07) is 5.69.